The van der Waals surface area contributed by atoms with Crippen molar-refractivity contribution in [2.75, 3.05) is 48.0 Å². The van der Waals surface area contributed by atoms with Gasteiger partial charge in [-0.05, 0) is 18.2 Å². The van der Waals surface area contributed by atoms with Crippen molar-refractivity contribution in [3.05, 3.63) is 29.8 Å². The Hall–Kier alpha value is -1.18. The molecule has 130 valence electrons. The zero-order chi connectivity index (χ0) is 16.8. The fourth-order valence-corrected chi connectivity index (χ4v) is 4.72. The van der Waals surface area contributed by atoms with E-state index >= 15 is 0 Å². The molecule has 0 radical (unpaired) electrons. The van der Waals surface area contributed by atoms with Crippen molar-refractivity contribution < 1.29 is 9.59 Å². The van der Waals surface area contributed by atoms with Gasteiger partial charge in [0.25, 0.3) is 5.91 Å². The molecule has 2 aliphatic heterocycles. The summed E-state index contributed by atoms with van der Waals surface area (Å²) in [6.07, 6.45) is 0.467. The lowest BCUT2D eigenvalue weighted by molar-refractivity contribution is -0.116. The molecule has 0 bridgehead atoms. The first-order valence-corrected chi connectivity index (χ1v) is 10.6. The highest BCUT2D eigenvalue weighted by Crippen LogP contribution is 2.17. The second kappa shape index (κ2) is 8.78. The average molecular weight is 366 g/mol. The van der Waals surface area contributed by atoms with Gasteiger partial charge in [-0.2, -0.15) is 23.5 Å². The van der Waals surface area contributed by atoms with Crippen LogP contribution in [0.1, 0.15) is 16.8 Å². The molecule has 2 saturated heterocycles. The second-order valence-corrected chi connectivity index (χ2v) is 8.34. The minimum atomic E-state index is -0.00558. The van der Waals surface area contributed by atoms with Gasteiger partial charge in [0.15, 0.2) is 0 Å². The molecule has 1 unspecified atom stereocenters. The van der Waals surface area contributed by atoms with E-state index in [1.165, 1.54) is 0 Å². The monoisotopic (exact) mass is 365 g/mol. The van der Waals surface area contributed by atoms with Crippen LogP contribution >= 0.6 is 23.5 Å². The van der Waals surface area contributed by atoms with Crippen LogP contribution < -0.4 is 10.6 Å². The fourth-order valence-electron chi connectivity index (χ4n) is 2.87. The van der Waals surface area contributed by atoms with Gasteiger partial charge < -0.3 is 15.5 Å². The molecule has 2 heterocycles. The minimum absolute atomic E-state index is 0.00558. The molecule has 2 N–H and O–H groups in total. The van der Waals surface area contributed by atoms with Crippen LogP contribution in [0.2, 0.25) is 0 Å². The van der Waals surface area contributed by atoms with Gasteiger partial charge >= 0.3 is 0 Å². The Labute approximate surface area is 151 Å². The lowest BCUT2D eigenvalue weighted by atomic mass is 10.1. The minimum Gasteiger partial charge on any atom is -0.337 e. The number of rotatable bonds is 4. The third-order valence-corrected chi connectivity index (χ3v) is 6.20. The van der Waals surface area contributed by atoms with Crippen LogP contribution in [0.4, 0.5) is 5.69 Å². The SMILES string of the molecule is O=C(CC1CSCCN1)Nc1cccc(C(=O)N2CCSCC2)c1. The second-order valence-electron chi connectivity index (χ2n) is 5.96. The third kappa shape index (κ3) is 4.91. The number of nitrogens with one attached hydrogen (secondary N) is 2. The lowest BCUT2D eigenvalue weighted by Crippen LogP contribution is -2.40. The summed E-state index contributed by atoms with van der Waals surface area (Å²) < 4.78 is 0. The highest BCUT2D eigenvalue weighted by atomic mass is 32.2. The van der Waals surface area contributed by atoms with Crippen molar-refractivity contribution in [1.29, 1.82) is 0 Å². The number of anilines is 1. The van der Waals surface area contributed by atoms with Gasteiger partial charge in [0.05, 0.1) is 0 Å². The van der Waals surface area contributed by atoms with Gasteiger partial charge in [-0.15, -0.1) is 0 Å². The Bertz CT molecular complexity index is 585. The first kappa shape index (κ1) is 17.6. The predicted octanol–water partition coefficient (Wildman–Crippen LogP) is 1.91. The van der Waals surface area contributed by atoms with Gasteiger partial charge in [-0.1, -0.05) is 6.07 Å². The van der Waals surface area contributed by atoms with Crippen molar-refractivity contribution in [3.8, 4) is 0 Å². The predicted molar refractivity (Wildman–Crippen MR) is 102 cm³/mol. The quantitative estimate of drug-likeness (QED) is 0.853. The molecule has 0 spiro atoms. The molecule has 1 aromatic rings. The number of carbonyl (C=O) groups is 2. The van der Waals surface area contributed by atoms with Crippen molar-refractivity contribution in [2.24, 2.45) is 0 Å². The zero-order valence-electron chi connectivity index (χ0n) is 13.6. The molecular formula is C17H23N3O2S2. The van der Waals surface area contributed by atoms with E-state index in [2.05, 4.69) is 10.6 Å². The van der Waals surface area contributed by atoms with E-state index in [1.54, 1.807) is 6.07 Å². The van der Waals surface area contributed by atoms with Crippen LogP contribution in [-0.4, -0.2) is 65.4 Å². The Morgan fingerprint density at radius 2 is 2.04 bits per heavy atom. The molecular weight excluding hydrogens is 342 g/mol. The van der Waals surface area contributed by atoms with Gasteiger partial charge in [0.2, 0.25) is 5.91 Å². The number of hydrogen-bond donors (Lipinski definition) is 2. The van der Waals surface area contributed by atoms with Crippen molar-refractivity contribution in [1.82, 2.24) is 10.2 Å². The Kier molecular flexibility index (Phi) is 6.45. The average Bonchev–Trinajstić information content (AvgIpc) is 2.63. The van der Waals surface area contributed by atoms with E-state index in [1.807, 2.05) is 46.6 Å². The molecule has 3 rings (SSSR count). The van der Waals surface area contributed by atoms with Crippen LogP contribution in [0.25, 0.3) is 0 Å². The molecule has 5 nitrogen and oxygen atoms in total. The highest BCUT2D eigenvalue weighted by molar-refractivity contribution is 7.99. The third-order valence-electron chi connectivity index (χ3n) is 4.12. The smallest absolute Gasteiger partial charge is 0.253 e. The molecule has 0 aliphatic carbocycles. The molecule has 7 heteroatoms. The van der Waals surface area contributed by atoms with E-state index in [9.17, 15) is 9.59 Å². The van der Waals surface area contributed by atoms with Crippen molar-refractivity contribution in [3.63, 3.8) is 0 Å². The standard InChI is InChI=1S/C17H23N3O2S2/c21-16(11-15-12-24-7-4-18-15)19-14-3-1-2-13(10-14)17(22)20-5-8-23-9-6-20/h1-3,10,15,18H,4-9,11-12H2,(H,19,21). The van der Waals surface area contributed by atoms with Crippen LogP contribution in [0.5, 0.6) is 0 Å². The largest absolute Gasteiger partial charge is 0.337 e. The Balaban J connectivity index is 1.57. The number of amides is 2. The maximum atomic E-state index is 12.5. The first-order valence-electron chi connectivity index (χ1n) is 8.30. The fraction of sp³-hybridized carbons (Fsp3) is 0.529. The molecule has 2 aliphatic rings. The molecule has 1 atom stereocenters. The summed E-state index contributed by atoms with van der Waals surface area (Å²) in [6.45, 7) is 2.55. The van der Waals surface area contributed by atoms with E-state index < -0.39 is 0 Å². The van der Waals surface area contributed by atoms with Crippen molar-refractivity contribution in [2.45, 2.75) is 12.5 Å². The van der Waals surface area contributed by atoms with Gasteiger partial charge in [0.1, 0.15) is 0 Å². The summed E-state index contributed by atoms with van der Waals surface area (Å²) >= 11 is 3.76. The van der Waals surface area contributed by atoms with E-state index in [-0.39, 0.29) is 17.9 Å². The molecule has 2 amide bonds. The highest BCUT2D eigenvalue weighted by Gasteiger charge is 2.19. The summed E-state index contributed by atoms with van der Waals surface area (Å²) in [7, 11) is 0. The van der Waals surface area contributed by atoms with E-state index in [4.69, 9.17) is 0 Å². The van der Waals surface area contributed by atoms with Gasteiger partial charge in [-0.25, -0.2) is 0 Å². The first-order chi connectivity index (χ1) is 11.7. The maximum Gasteiger partial charge on any atom is 0.253 e. The maximum absolute atomic E-state index is 12.5. The number of thioether (sulfide) groups is 2. The summed E-state index contributed by atoms with van der Waals surface area (Å²) in [5, 5.41) is 6.29. The number of nitrogens with zero attached hydrogens (tertiary/aromatic N) is 1. The van der Waals surface area contributed by atoms with Crippen LogP contribution in [-0.2, 0) is 4.79 Å². The van der Waals surface area contributed by atoms with E-state index in [0.29, 0.717) is 17.7 Å². The molecule has 1 aromatic carbocycles. The topological polar surface area (TPSA) is 61.4 Å². The Morgan fingerprint density at radius 3 is 2.79 bits per heavy atom. The summed E-state index contributed by atoms with van der Waals surface area (Å²) in [5.74, 6) is 4.12. The van der Waals surface area contributed by atoms with Gasteiger partial charge in [0, 0.05) is 66.4 Å². The summed E-state index contributed by atoms with van der Waals surface area (Å²) in [5.41, 5.74) is 1.34. The van der Waals surface area contributed by atoms with Crippen LogP contribution in [0, 0.1) is 0 Å². The summed E-state index contributed by atoms with van der Waals surface area (Å²) in [4.78, 5) is 26.6. The zero-order valence-corrected chi connectivity index (χ0v) is 15.3. The van der Waals surface area contributed by atoms with Crippen LogP contribution in [0.3, 0.4) is 0 Å². The van der Waals surface area contributed by atoms with Crippen molar-refractivity contribution >= 4 is 41.0 Å². The Morgan fingerprint density at radius 1 is 1.21 bits per heavy atom. The van der Waals surface area contributed by atoms with Gasteiger partial charge in [-0.3, -0.25) is 9.59 Å². The molecule has 24 heavy (non-hydrogen) atoms. The van der Waals surface area contributed by atoms with Crippen LogP contribution in [0.15, 0.2) is 24.3 Å². The summed E-state index contributed by atoms with van der Waals surface area (Å²) in [6, 6.07) is 7.50. The molecule has 2 fully saturated rings. The lowest BCUT2D eigenvalue weighted by Gasteiger charge is -2.26. The van der Waals surface area contributed by atoms with E-state index in [0.717, 1.165) is 42.6 Å². The number of carbonyl (C=O) groups excluding carboxylic acids is 2. The number of hydrogen-bond acceptors (Lipinski definition) is 5. The molecule has 0 saturated carbocycles. The normalized spacial score (nSPS) is 21.3. The molecule has 0 aromatic heterocycles. The number of benzene rings is 1.